The molecule has 0 saturated heterocycles. The molecule has 0 spiro atoms. The lowest BCUT2D eigenvalue weighted by Gasteiger charge is -2.14. The van der Waals surface area contributed by atoms with Crippen LogP contribution in [-0.4, -0.2) is 27.8 Å². The van der Waals surface area contributed by atoms with Crippen molar-refractivity contribution in [1.82, 2.24) is 15.0 Å². The number of pyridine rings is 1. The SMILES string of the molecule is CC[C@@H](C)Nc1nc(Nc2ccc3c(c2)OCO3)cc(-c2ccncc2)n1. The van der Waals surface area contributed by atoms with E-state index in [1.165, 1.54) is 0 Å². The van der Waals surface area contributed by atoms with Crippen molar-refractivity contribution in [2.45, 2.75) is 26.3 Å². The van der Waals surface area contributed by atoms with E-state index in [1.54, 1.807) is 12.4 Å². The Morgan fingerprint density at radius 1 is 1.04 bits per heavy atom. The van der Waals surface area contributed by atoms with Gasteiger partial charge in [0.05, 0.1) is 5.69 Å². The molecule has 3 heterocycles. The van der Waals surface area contributed by atoms with Crippen LogP contribution in [0.15, 0.2) is 48.8 Å². The van der Waals surface area contributed by atoms with Crippen molar-refractivity contribution in [2.24, 2.45) is 0 Å². The lowest BCUT2D eigenvalue weighted by molar-refractivity contribution is 0.174. The fourth-order valence-corrected chi connectivity index (χ4v) is 2.69. The summed E-state index contributed by atoms with van der Waals surface area (Å²) in [5.74, 6) is 2.75. The summed E-state index contributed by atoms with van der Waals surface area (Å²) in [6, 6.07) is 11.8. The van der Waals surface area contributed by atoms with Gasteiger partial charge in [0, 0.05) is 41.8 Å². The Balaban J connectivity index is 1.67. The van der Waals surface area contributed by atoms with E-state index < -0.39 is 0 Å². The number of hydrogen-bond acceptors (Lipinski definition) is 7. The van der Waals surface area contributed by atoms with Gasteiger partial charge in [-0.25, -0.2) is 4.98 Å². The van der Waals surface area contributed by atoms with Crippen molar-refractivity contribution >= 4 is 17.5 Å². The van der Waals surface area contributed by atoms with Gasteiger partial charge < -0.3 is 20.1 Å². The molecular weight excluding hydrogens is 342 g/mol. The van der Waals surface area contributed by atoms with Crippen LogP contribution >= 0.6 is 0 Å². The van der Waals surface area contributed by atoms with Crippen LogP contribution in [0.2, 0.25) is 0 Å². The molecule has 2 N–H and O–H groups in total. The molecule has 1 aromatic carbocycles. The molecule has 0 saturated carbocycles. The molecule has 7 nitrogen and oxygen atoms in total. The average molecular weight is 363 g/mol. The third kappa shape index (κ3) is 3.92. The second-order valence-corrected chi connectivity index (χ2v) is 6.34. The van der Waals surface area contributed by atoms with Gasteiger partial charge in [0.15, 0.2) is 11.5 Å². The van der Waals surface area contributed by atoms with E-state index >= 15 is 0 Å². The molecule has 0 radical (unpaired) electrons. The molecule has 1 aliphatic rings. The van der Waals surface area contributed by atoms with Gasteiger partial charge in [0.2, 0.25) is 12.7 Å². The van der Waals surface area contributed by atoms with Crippen molar-refractivity contribution in [1.29, 1.82) is 0 Å². The first kappa shape index (κ1) is 17.1. The zero-order valence-electron chi connectivity index (χ0n) is 15.3. The van der Waals surface area contributed by atoms with Crippen molar-refractivity contribution in [3.8, 4) is 22.8 Å². The van der Waals surface area contributed by atoms with Gasteiger partial charge in [-0.15, -0.1) is 0 Å². The number of nitrogens with zero attached hydrogens (tertiary/aromatic N) is 3. The number of rotatable bonds is 6. The molecule has 0 fully saturated rings. The number of benzene rings is 1. The Labute approximate surface area is 157 Å². The number of fused-ring (bicyclic) bond motifs is 1. The average Bonchev–Trinajstić information content (AvgIpc) is 3.16. The topological polar surface area (TPSA) is 81.2 Å². The molecule has 0 unspecified atom stereocenters. The summed E-state index contributed by atoms with van der Waals surface area (Å²) in [5.41, 5.74) is 2.67. The maximum atomic E-state index is 5.45. The molecule has 0 aliphatic carbocycles. The van der Waals surface area contributed by atoms with Gasteiger partial charge >= 0.3 is 0 Å². The highest BCUT2D eigenvalue weighted by molar-refractivity contribution is 5.68. The molecule has 27 heavy (non-hydrogen) atoms. The summed E-state index contributed by atoms with van der Waals surface area (Å²) in [7, 11) is 0. The molecule has 0 bridgehead atoms. The Kier molecular flexibility index (Phi) is 4.74. The van der Waals surface area contributed by atoms with Crippen LogP contribution < -0.4 is 20.1 Å². The Morgan fingerprint density at radius 3 is 2.67 bits per heavy atom. The number of aromatic nitrogens is 3. The number of anilines is 3. The second kappa shape index (κ2) is 7.49. The quantitative estimate of drug-likeness (QED) is 0.678. The van der Waals surface area contributed by atoms with Crippen molar-refractivity contribution in [3.63, 3.8) is 0 Å². The predicted molar refractivity (Wildman–Crippen MR) is 104 cm³/mol. The summed E-state index contributed by atoms with van der Waals surface area (Å²) in [5, 5.41) is 6.68. The van der Waals surface area contributed by atoms with E-state index in [0.717, 1.165) is 34.9 Å². The third-order valence-electron chi connectivity index (χ3n) is 4.34. The van der Waals surface area contributed by atoms with Crippen molar-refractivity contribution in [3.05, 3.63) is 48.8 Å². The van der Waals surface area contributed by atoms with Gasteiger partial charge in [-0.05, 0) is 37.6 Å². The van der Waals surface area contributed by atoms with Crippen LogP contribution in [-0.2, 0) is 0 Å². The number of nitrogens with one attached hydrogen (secondary N) is 2. The maximum absolute atomic E-state index is 5.45. The highest BCUT2D eigenvalue weighted by Gasteiger charge is 2.14. The Hall–Kier alpha value is -3.35. The van der Waals surface area contributed by atoms with Gasteiger partial charge in [0.1, 0.15) is 5.82 Å². The first-order valence-corrected chi connectivity index (χ1v) is 8.94. The largest absolute Gasteiger partial charge is 0.454 e. The number of ether oxygens (including phenoxy) is 2. The zero-order chi connectivity index (χ0) is 18.6. The molecule has 3 aromatic rings. The van der Waals surface area contributed by atoms with Crippen LogP contribution in [0.5, 0.6) is 11.5 Å². The zero-order valence-corrected chi connectivity index (χ0v) is 15.3. The first-order valence-electron chi connectivity index (χ1n) is 8.94. The summed E-state index contributed by atoms with van der Waals surface area (Å²) in [6.45, 7) is 4.48. The molecular formula is C20H21N5O2. The van der Waals surface area contributed by atoms with E-state index in [9.17, 15) is 0 Å². The summed E-state index contributed by atoms with van der Waals surface area (Å²) in [4.78, 5) is 13.3. The van der Waals surface area contributed by atoms with Crippen LogP contribution in [0.4, 0.5) is 17.5 Å². The molecule has 0 amide bonds. The highest BCUT2D eigenvalue weighted by Crippen LogP contribution is 2.35. The minimum absolute atomic E-state index is 0.251. The van der Waals surface area contributed by atoms with E-state index in [1.807, 2.05) is 36.4 Å². The molecule has 138 valence electrons. The normalized spacial score (nSPS) is 13.3. The van der Waals surface area contributed by atoms with Gasteiger partial charge in [-0.1, -0.05) is 6.92 Å². The minimum Gasteiger partial charge on any atom is -0.454 e. The smallest absolute Gasteiger partial charge is 0.231 e. The lowest BCUT2D eigenvalue weighted by atomic mass is 10.2. The molecule has 1 atom stereocenters. The van der Waals surface area contributed by atoms with Crippen LogP contribution in [0.3, 0.4) is 0 Å². The Morgan fingerprint density at radius 2 is 1.85 bits per heavy atom. The minimum atomic E-state index is 0.251. The Bertz CT molecular complexity index is 933. The first-order chi connectivity index (χ1) is 13.2. The fraction of sp³-hybridized carbons (Fsp3) is 0.250. The monoisotopic (exact) mass is 363 g/mol. The van der Waals surface area contributed by atoms with Crippen LogP contribution in [0.25, 0.3) is 11.3 Å². The fourth-order valence-electron chi connectivity index (χ4n) is 2.69. The molecule has 4 rings (SSSR count). The second-order valence-electron chi connectivity index (χ2n) is 6.34. The lowest BCUT2D eigenvalue weighted by Crippen LogP contribution is -2.16. The predicted octanol–water partition coefficient (Wildman–Crippen LogP) is 4.22. The van der Waals surface area contributed by atoms with Crippen LogP contribution in [0.1, 0.15) is 20.3 Å². The summed E-state index contributed by atoms with van der Waals surface area (Å²) in [6.07, 6.45) is 4.49. The standard InChI is InChI=1S/C20H21N5O2/c1-3-13(2)22-20-24-16(14-6-8-21-9-7-14)11-19(25-20)23-15-4-5-17-18(10-15)27-12-26-17/h4-11,13H,3,12H2,1-2H3,(H2,22,23,24,25)/t13-/m1/s1. The third-order valence-corrected chi connectivity index (χ3v) is 4.34. The highest BCUT2D eigenvalue weighted by atomic mass is 16.7. The molecule has 7 heteroatoms. The van der Waals surface area contributed by atoms with E-state index in [2.05, 4.69) is 39.4 Å². The summed E-state index contributed by atoms with van der Waals surface area (Å²) < 4.78 is 10.8. The molecule has 2 aromatic heterocycles. The van der Waals surface area contributed by atoms with E-state index in [0.29, 0.717) is 11.8 Å². The van der Waals surface area contributed by atoms with Gasteiger partial charge in [-0.3, -0.25) is 4.98 Å². The van der Waals surface area contributed by atoms with Gasteiger partial charge in [-0.2, -0.15) is 4.98 Å². The van der Waals surface area contributed by atoms with Crippen molar-refractivity contribution in [2.75, 3.05) is 17.4 Å². The van der Waals surface area contributed by atoms with Crippen LogP contribution in [0, 0.1) is 0 Å². The molecule has 1 aliphatic heterocycles. The number of hydrogen-bond donors (Lipinski definition) is 2. The van der Waals surface area contributed by atoms with E-state index in [4.69, 9.17) is 9.47 Å². The van der Waals surface area contributed by atoms with Crippen molar-refractivity contribution < 1.29 is 9.47 Å². The summed E-state index contributed by atoms with van der Waals surface area (Å²) >= 11 is 0. The van der Waals surface area contributed by atoms with E-state index in [-0.39, 0.29) is 12.8 Å². The van der Waals surface area contributed by atoms with Gasteiger partial charge in [0.25, 0.3) is 0 Å². The maximum Gasteiger partial charge on any atom is 0.231 e.